The van der Waals surface area contributed by atoms with Crippen LogP contribution in [-0.4, -0.2) is 32.0 Å². The van der Waals surface area contributed by atoms with E-state index in [1.807, 2.05) is 34.8 Å². The molecule has 8 nitrogen and oxygen atoms in total. The number of thiophene rings is 2. The van der Waals surface area contributed by atoms with Gasteiger partial charge in [-0.3, -0.25) is 0 Å². The third kappa shape index (κ3) is 11.5. The lowest BCUT2D eigenvalue weighted by Crippen LogP contribution is -1.95. The van der Waals surface area contributed by atoms with Gasteiger partial charge in [0.2, 0.25) is 0 Å². The molecule has 0 aliphatic rings. The highest BCUT2D eigenvalue weighted by atomic mass is 32.1. The fourth-order valence-electron chi connectivity index (χ4n) is 20.8. The Morgan fingerprint density at radius 3 is 0.843 bits per heavy atom. The van der Waals surface area contributed by atoms with Crippen molar-refractivity contribution in [2.45, 2.75) is 0 Å². The van der Waals surface area contributed by atoms with E-state index in [1.54, 1.807) is 0 Å². The van der Waals surface area contributed by atoms with Crippen LogP contribution in [0.5, 0.6) is 0 Å². The van der Waals surface area contributed by atoms with Crippen LogP contribution in [0.1, 0.15) is 0 Å². The van der Waals surface area contributed by atoms with E-state index in [4.69, 9.17) is 4.42 Å². The van der Waals surface area contributed by atoms with Crippen LogP contribution in [-0.2, 0) is 21.1 Å². The van der Waals surface area contributed by atoms with E-state index < -0.39 is 0 Å². The molecule has 0 unspecified atom stereocenters. The van der Waals surface area contributed by atoms with Crippen molar-refractivity contribution in [1.29, 1.82) is 0 Å². The largest absolute Gasteiger partial charge is 0.456 e. The van der Waals surface area contributed by atoms with Gasteiger partial charge in [-0.05, 0) is 170 Å². The molecule has 10 heterocycles. The van der Waals surface area contributed by atoms with Gasteiger partial charge in [-0.1, -0.05) is 255 Å². The number of aryl methyl sites for hydroxylation is 3. The first kappa shape index (κ1) is 73.7. The molecule has 0 aliphatic heterocycles. The molecule has 29 rings (SSSR count). The first-order chi connectivity index (χ1) is 62.8. The minimum Gasteiger partial charge on any atom is -0.456 e. The van der Waals surface area contributed by atoms with E-state index in [0.717, 1.165) is 11.2 Å². The average Bonchev–Trinajstić information content (AvgIpc) is 1.55. The molecule has 0 amide bonds. The Hall–Kier alpha value is -16.0. The van der Waals surface area contributed by atoms with Gasteiger partial charge in [0, 0.05) is 204 Å². The van der Waals surface area contributed by atoms with Crippen molar-refractivity contribution in [3.63, 3.8) is 0 Å². The predicted molar refractivity (Wildman–Crippen MR) is 545 cm³/mol. The number of furan rings is 1. The topological polar surface area (TPSA) is 47.6 Å². The van der Waals surface area contributed by atoms with Gasteiger partial charge in [-0.25, -0.2) is 0 Å². The molecule has 0 spiro atoms. The van der Waals surface area contributed by atoms with E-state index in [-0.39, 0.29) is 0 Å². The van der Waals surface area contributed by atoms with Crippen LogP contribution >= 0.6 is 22.7 Å². The second-order valence-corrected chi connectivity index (χ2v) is 35.2. The fourth-order valence-corrected chi connectivity index (χ4v) is 23.0. The normalized spacial score (nSPS) is 11.9. The molecule has 0 radical (unpaired) electrons. The maximum absolute atomic E-state index is 6.01. The van der Waals surface area contributed by atoms with Crippen LogP contribution in [0.2, 0.25) is 0 Å². The number of hydrogen-bond acceptors (Lipinski definition) is 3. The molecule has 127 heavy (non-hydrogen) atoms. The van der Waals surface area contributed by atoms with Crippen LogP contribution in [0.15, 0.2) is 429 Å². The number of hydrogen-bond donors (Lipinski definition) is 0. The lowest BCUT2D eigenvalue weighted by atomic mass is 10.1. The monoisotopic (exact) mass is 1660 g/mol. The standard InChI is InChI=1S/C30H20N2.C25H18N2.C24H15NS.C19H13NO.C19H13NS/c1-3-11-21(12-4-1)31-27-17-9-7-15-23(27)25-19-26-24-16-8-10-18-28(24)32(30(26)20-29(25)31)22-13-5-2-6-14-22;1-26-20-13-7-5-11-18(20)24-22(26)15-16-23-25(24)19-12-6-8-14-21(19)27(23)17-9-3-2-4-10-17;1-2-8-16(9-3-1)25-19-12-6-4-10-17(19)23-20(25)14-15-22-24(23)18-11-5-7-13-21(18)26-22;2*1-20-14-8-4-2-6-12(14)18-15(20)10-11-17-19(18)13-7-3-5-9-16(13)21-17/h1-20H;2-16H,1H3;1-15H;2*2-11H,1H3. The Morgan fingerprint density at radius 2 is 0.425 bits per heavy atom. The van der Waals surface area contributed by atoms with Crippen LogP contribution in [0, 0.1) is 0 Å². The molecule has 0 fully saturated rings. The summed E-state index contributed by atoms with van der Waals surface area (Å²) >= 11 is 3.77. The highest BCUT2D eigenvalue weighted by molar-refractivity contribution is 7.26. The predicted octanol–water partition coefficient (Wildman–Crippen LogP) is 32.4. The summed E-state index contributed by atoms with van der Waals surface area (Å²) in [5, 5.41) is 26.4. The van der Waals surface area contributed by atoms with E-state index in [2.05, 4.69) is 466 Å². The van der Waals surface area contributed by atoms with Crippen molar-refractivity contribution in [2.75, 3.05) is 0 Å². The van der Waals surface area contributed by atoms with Gasteiger partial charge in [0.05, 0.1) is 44.1 Å². The number of rotatable bonds is 4. The van der Waals surface area contributed by atoms with Crippen molar-refractivity contribution in [3.05, 3.63) is 425 Å². The molecular formula is C117H79N7OS2. The maximum Gasteiger partial charge on any atom is 0.136 e. The molecule has 0 saturated carbocycles. The highest BCUT2D eigenvalue weighted by Gasteiger charge is 2.24. The zero-order chi connectivity index (χ0) is 84.1. The molecular weight excluding hydrogens is 1580 g/mol. The van der Waals surface area contributed by atoms with Crippen LogP contribution in [0.3, 0.4) is 0 Å². The first-order valence-electron chi connectivity index (χ1n) is 43.3. The third-order valence-corrected chi connectivity index (χ3v) is 28.5. The van der Waals surface area contributed by atoms with Gasteiger partial charge in [0.15, 0.2) is 0 Å². The number of aromatic nitrogens is 7. The van der Waals surface area contributed by atoms with Gasteiger partial charge in [0.1, 0.15) is 11.2 Å². The zero-order valence-electron chi connectivity index (χ0n) is 69.8. The SMILES string of the molecule is Cn1c2ccccc2c2c3c(ccc21)oc1ccccc13.Cn1c2ccccc2c2c3c(ccc21)sc1ccccc13.Cn1c2ccccc2c2c3c4ccccc4n(-c4ccccc4)c3ccc21.c1ccc(-n2c3ccccc3c3c4c(ccc32)sc2ccccc24)cc1.c1ccc(-n2c3ccccc3c3cc4c5ccccc5n(-c5ccccc5)c4cc32)cc1. The van der Waals surface area contributed by atoms with Crippen molar-refractivity contribution in [2.24, 2.45) is 21.1 Å². The lowest BCUT2D eigenvalue weighted by molar-refractivity contribution is 0.669. The number of fused-ring (bicyclic) bond motifs is 34. The Bertz CT molecular complexity index is 9140. The Morgan fingerprint density at radius 1 is 0.157 bits per heavy atom. The van der Waals surface area contributed by atoms with Gasteiger partial charge < -0.3 is 36.4 Å². The summed E-state index contributed by atoms with van der Waals surface area (Å²) in [6, 6.07) is 152. The van der Waals surface area contributed by atoms with E-state index in [0.29, 0.717) is 0 Å². The second kappa shape index (κ2) is 29.6. The smallest absolute Gasteiger partial charge is 0.136 e. The lowest BCUT2D eigenvalue weighted by Gasteiger charge is -2.10. The molecule has 600 valence electrons. The summed E-state index contributed by atoms with van der Waals surface area (Å²) < 4.78 is 27.9. The fraction of sp³-hybridized carbons (Fsp3) is 0.0256. The molecule has 0 atom stereocenters. The molecule has 0 bridgehead atoms. The van der Waals surface area contributed by atoms with Gasteiger partial charge in [0.25, 0.3) is 0 Å². The summed E-state index contributed by atoms with van der Waals surface area (Å²) in [7, 11) is 6.44. The Kier molecular flexibility index (Phi) is 17.2. The average molecular weight is 1660 g/mol. The summed E-state index contributed by atoms with van der Waals surface area (Å²) in [4.78, 5) is 0. The first-order valence-corrected chi connectivity index (χ1v) is 44.9. The quantitative estimate of drug-likeness (QED) is 0.173. The minimum atomic E-state index is 0.952. The van der Waals surface area contributed by atoms with Crippen molar-refractivity contribution in [1.82, 2.24) is 32.0 Å². The molecule has 0 saturated heterocycles. The Balaban J connectivity index is 0.0000000870. The zero-order valence-corrected chi connectivity index (χ0v) is 71.4. The minimum absolute atomic E-state index is 0.952. The number of benzene rings is 19. The van der Waals surface area contributed by atoms with E-state index in [1.165, 1.54) is 227 Å². The van der Waals surface area contributed by atoms with Gasteiger partial charge in [-0.15, -0.1) is 22.7 Å². The van der Waals surface area contributed by atoms with Crippen LogP contribution in [0.4, 0.5) is 0 Å². The number of nitrogens with zero attached hydrogens (tertiary/aromatic N) is 7. The molecule has 0 aliphatic carbocycles. The van der Waals surface area contributed by atoms with Crippen LogP contribution in [0.25, 0.3) is 238 Å². The van der Waals surface area contributed by atoms with Gasteiger partial charge >= 0.3 is 0 Å². The van der Waals surface area contributed by atoms with Crippen molar-refractivity contribution in [3.8, 4) is 22.7 Å². The van der Waals surface area contributed by atoms with Crippen LogP contribution < -0.4 is 0 Å². The molecule has 19 aromatic carbocycles. The third-order valence-electron chi connectivity index (χ3n) is 26.2. The Labute approximate surface area is 737 Å². The van der Waals surface area contributed by atoms with Crippen molar-refractivity contribution < 1.29 is 4.42 Å². The summed E-state index contributed by atoms with van der Waals surface area (Å²) in [6.45, 7) is 0. The summed E-state index contributed by atoms with van der Waals surface area (Å²) in [5.74, 6) is 0. The van der Waals surface area contributed by atoms with Gasteiger partial charge in [-0.2, -0.15) is 0 Å². The summed E-state index contributed by atoms with van der Waals surface area (Å²) in [6.07, 6.45) is 0. The number of para-hydroxylation sites is 12. The molecule has 10 heteroatoms. The summed E-state index contributed by atoms with van der Waals surface area (Å²) in [5.41, 5.74) is 24.3. The highest BCUT2D eigenvalue weighted by Crippen LogP contribution is 2.48. The van der Waals surface area contributed by atoms with E-state index >= 15 is 0 Å². The molecule has 29 aromatic rings. The molecule has 0 N–H and O–H groups in total. The maximum atomic E-state index is 6.01. The van der Waals surface area contributed by atoms with E-state index in [9.17, 15) is 0 Å². The van der Waals surface area contributed by atoms with Crippen molar-refractivity contribution >= 4 is 238 Å². The molecule has 10 aromatic heterocycles. The second-order valence-electron chi connectivity index (χ2n) is 33.0.